The number of aliphatic hydroxyl groups excluding tert-OH is 1. The summed E-state index contributed by atoms with van der Waals surface area (Å²) >= 11 is 0. The topological polar surface area (TPSA) is 92.2 Å². The molecule has 2 rings (SSSR count). The first-order chi connectivity index (χ1) is 12.4. The minimum atomic E-state index is -4.52. The predicted molar refractivity (Wildman–Crippen MR) is 91.3 cm³/mol. The van der Waals surface area contributed by atoms with Gasteiger partial charge in [0.15, 0.2) is 5.82 Å². The third kappa shape index (κ3) is 5.99. The Kier molecular flexibility index (Phi) is 6.25. The van der Waals surface area contributed by atoms with Gasteiger partial charge in [-0.2, -0.15) is 28.1 Å². The second kappa shape index (κ2) is 7.93. The summed E-state index contributed by atoms with van der Waals surface area (Å²) in [6, 6.07) is -1.93. The SMILES string of the molecule is C[C@@H](Nc1nc(NOC(C)(C)C)nc(C2=C(F)C(O)CCC2)n1)C(F)(F)F. The van der Waals surface area contributed by atoms with Crippen LogP contribution in [0.4, 0.5) is 29.5 Å². The Labute approximate surface area is 154 Å². The average Bonchev–Trinajstić information content (AvgIpc) is 2.54. The molecule has 0 bridgehead atoms. The normalized spacial score (nSPS) is 19.8. The Hall–Kier alpha value is -2.01. The number of halogens is 4. The molecule has 1 aliphatic carbocycles. The molecule has 0 radical (unpaired) electrons. The molecule has 1 unspecified atom stereocenters. The lowest BCUT2D eigenvalue weighted by Gasteiger charge is -2.22. The molecule has 27 heavy (non-hydrogen) atoms. The summed E-state index contributed by atoms with van der Waals surface area (Å²) in [5, 5.41) is 11.8. The largest absolute Gasteiger partial charge is 0.408 e. The lowest BCUT2D eigenvalue weighted by molar-refractivity contribution is -0.138. The highest BCUT2D eigenvalue weighted by atomic mass is 19.4. The van der Waals surface area contributed by atoms with Gasteiger partial charge in [0.25, 0.3) is 5.95 Å². The summed E-state index contributed by atoms with van der Waals surface area (Å²) in [4.78, 5) is 17.1. The summed E-state index contributed by atoms with van der Waals surface area (Å²) in [6.45, 7) is 6.14. The molecule has 0 aromatic carbocycles. The zero-order valence-electron chi connectivity index (χ0n) is 15.5. The first-order valence-corrected chi connectivity index (χ1v) is 8.47. The molecule has 0 saturated heterocycles. The van der Waals surface area contributed by atoms with Gasteiger partial charge in [0.1, 0.15) is 18.0 Å². The summed E-state index contributed by atoms with van der Waals surface area (Å²) in [5.74, 6) is -1.50. The van der Waals surface area contributed by atoms with Gasteiger partial charge in [0, 0.05) is 5.57 Å². The molecule has 0 spiro atoms. The molecule has 0 aliphatic heterocycles. The molecule has 11 heteroatoms. The Morgan fingerprint density at radius 3 is 2.37 bits per heavy atom. The van der Waals surface area contributed by atoms with Crippen molar-refractivity contribution in [2.24, 2.45) is 0 Å². The molecule has 152 valence electrons. The van der Waals surface area contributed by atoms with Crippen molar-refractivity contribution in [1.82, 2.24) is 15.0 Å². The van der Waals surface area contributed by atoms with Crippen LogP contribution in [0.5, 0.6) is 0 Å². The maximum absolute atomic E-state index is 14.3. The standard InChI is InChI=1S/C16H23F4N5O2/c1-8(16(18,19)20)21-13-22-12(9-6-5-7-10(26)11(9)17)23-14(24-13)25-27-15(2,3)4/h8,10,26H,5-7H2,1-4H3,(H2,21,22,23,24,25)/t8-,10?/m1/s1. The Bertz CT molecular complexity index is 703. The lowest BCUT2D eigenvalue weighted by Crippen LogP contribution is -2.34. The van der Waals surface area contributed by atoms with Crippen molar-refractivity contribution in [1.29, 1.82) is 0 Å². The van der Waals surface area contributed by atoms with Crippen molar-refractivity contribution in [2.75, 3.05) is 10.8 Å². The van der Waals surface area contributed by atoms with Crippen LogP contribution in [0.1, 0.15) is 52.8 Å². The number of allylic oxidation sites excluding steroid dienone is 1. The van der Waals surface area contributed by atoms with E-state index in [4.69, 9.17) is 4.84 Å². The van der Waals surface area contributed by atoms with E-state index in [1.807, 2.05) is 0 Å². The first kappa shape index (κ1) is 21.3. The number of hydrogen-bond acceptors (Lipinski definition) is 7. The minimum Gasteiger partial charge on any atom is -0.386 e. The Balaban J connectivity index is 2.40. The van der Waals surface area contributed by atoms with Crippen molar-refractivity contribution >= 4 is 17.5 Å². The summed E-state index contributed by atoms with van der Waals surface area (Å²) < 4.78 is 52.8. The summed E-state index contributed by atoms with van der Waals surface area (Å²) in [6.07, 6.45) is -4.79. The third-order valence-corrected chi connectivity index (χ3v) is 3.68. The van der Waals surface area contributed by atoms with Crippen molar-refractivity contribution < 1.29 is 27.5 Å². The Morgan fingerprint density at radius 2 is 1.78 bits per heavy atom. The van der Waals surface area contributed by atoms with E-state index in [-0.39, 0.29) is 36.1 Å². The average molecular weight is 393 g/mol. The Morgan fingerprint density at radius 1 is 1.15 bits per heavy atom. The molecular weight excluding hydrogens is 370 g/mol. The van der Waals surface area contributed by atoms with Crippen LogP contribution in [0.25, 0.3) is 5.57 Å². The van der Waals surface area contributed by atoms with Crippen LogP contribution in [0.15, 0.2) is 5.83 Å². The highest BCUT2D eigenvalue weighted by Crippen LogP contribution is 2.32. The maximum atomic E-state index is 14.3. The van der Waals surface area contributed by atoms with Crippen molar-refractivity contribution in [3.63, 3.8) is 0 Å². The van der Waals surface area contributed by atoms with Gasteiger partial charge in [0.05, 0.1) is 5.60 Å². The van der Waals surface area contributed by atoms with Crippen LogP contribution >= 0.6 is 0 Å². The molecule has 1 aliphatic rings. The summed E-state index contributed by atoms with van der Waals surface area (Å²) in [5.41, 5.74) is 1.86. The van der Waals surface area contributed by atoms with E-state index in [1.165, 1.54) is 0 Å². The van der Waals surface area contributed by atoms with Gasteiger partial charge < -0.3 is 10.4 Å². The predicted octanol–water partition coefficient (Wildman–Crippen LogP) is 3.60. The lowest BCUT2D eigenvalue weighted by atomic mass is 9.96. The molecule has 0 saturated carbocycles. The monoisotopic (exact) mass is 393 g/mol. The van der Waals surface area contributed by atoms with Crippen LogP contribution in [-0.2, 0) is 4.84 Å². The molecule has 1 heterocycles. The number of rotatable bonds is 5. The second-order valence-corrected chi connectivity index (χ2v) is 7.26. The molecular formula is C16H23F4N5O2. The second-order valence-electron chi connectivity index (χ2n) is 7.26. The first-order valence-electron chi connectivity index (χ1n) is 8.47. The van der Waals surface area contributed by atoms with Crippen LogP contribution in [0, 0.1) is 0 Å². The van der Waals surface area contributed by atoms with Gasteiger partial charge in [-0.25, -0.2) is 9.87 Å². The summed E-state index contributed by atoms with van der Waals surface area (Å²) in [7, 11) is 0. The van der Waals surface area contributed by atoms with E-state index in [9.17, 15) is 22.7 Å². The number of aromatic nitrogens is 3. The quantitative estimate of drug-likeness (QED) is 0.520. The third-order valence-electron chi connectivity index (χ3n) is 3.68. The number of nitrogens with one attached hydrogen (secondary N) is 2. The number of aliphatic hydroxyl groups is 1. The van der Waals surface area contributed by atoms with Crippen LogP contribution < -0.4 is 10.8 Å². The molecule has 1 aromatic heterocycles. The number of alkyl halides is 3. The van der Waals surface area contributed by atoms with Gasteiger partial charge in [-0.1, -0.05) is 0 Å². The van der Waals surface area contributed by atoms with Crippen molar-refractivity contribution in [3.8, 4) is 0 Å². The number of nitrogens with zero attached hydrogens (tertiary/aromatic N) is 3. The molecule has 7 nitrogen and oxygen atoms in total. The van der Waals surface area contributed by atoms with Crippen molar-refractivity contribution in [2.45, 2.75) is 70.9 Å². The maximum Gasteiger partial charge on any atom is 0.408 e. The molecule has 0 fully saturated rings. The van der Waals surface area contributed by atoms with Crippen LogP contribution in [-0.4, -0.2) is 44.0 Å². The highest BCUT2D eigenvalue weighted by molar-refractivity contribution is 5.65. The van der Waals surface area contributed by atoms with E-state index >= 15 is 0 Å². The van der Waals surface area contributed by atoms with Gasteiger partial charge in [0.2, 0.25) is 5.95 Å². The molecule has 0 amide bonds. The number of anilines is 2. The van der Waals surface area contributed by atoms with Gasteiger partial charge in [-0.05, 0) is 47.0 Å². The van der Waals surface area contributed by atoms with E-state index in [1.54, 1.807) is 20.8 Å². The fourth-order valence-electron chi connectivity index (χ4n) is 2.23. The highest BCUT2D eigenvalue weighted by Gasteiger charge is 2.36. The van der Waals surface area contributed by atoms with E-state index in [0.717, 1.165) is 6.92 Å². The van der Waals surface area contributed by atoms with E-state index in [0.29, 0.717) is 6.42 Å². The molecule has 3 N–H and O–H groups in total. The molecule has 2 atom stereocenters. The fourth-order valence-corrected chi connectivity index (χ4v) is 2.23. The fraction of sp³-hybridized carbons (Fsp3) is 0.688. The zero-order valence-corrected chi connectivity index (χ0v) is 15.5. The van der Waals surface area contributed by atoms with Crippen LogP contribution in [0.3, 0.4) is 0 Å². The van der Waals surface area contributed by atoms with Crippen molar-refractivity contribution in [3.05, 3.63) is 11.7 Å². The zero-order chi connectivity index (χ0) is 20.4. The van der Waals surface area contributed by atoms with Gasteiger partial charge in [-0.3, -0.25) is 4.84 Å². The minimum absolute atomic E-state index is 0.0395. The number of hydrogen-bond donors (Lipinski definition) is 3. The van der Waals surface area contributed by atoms with E-state index in [2.05, 4.69) is 25.7 Å². The van der Waals surface area contributed by atoms with Gasteiger partial charge >= 0.3 is 6.18 Å². The van der Waals surface area contributed by atoms with E-state index < -0.39 is 29.8 Å². The van der Waals surface area contributed by atoms with Gasteiger partial charge in [-0.15, -0.1) is 0 Å². The smallest absolute Gasteiger partial charge is 0.386 e. The van der Waals surface area contributed by atoms with Crippen LogP contribution in [0.2, 0.25) is 0 Å². The molecule has 1 aromatic rings.